The minimum atomic E-state index is -3.58. The first-order chi connectivity index (χ1) is 9.56. The summed E-state index contributed by atoms with van der Waals surface area (Å²) in [4.78, 5) is 0.250. The van der Waals surface area contributed by atoms with Gasteiger partial charge in [0, 0.05) is 12.5 Å². The summed E-state index contributed by atoms with van der Waals surface area (Å²) in [5, 5.41) is 9.89. The van der Waals surface area contributed by atoms with Gasteiger partial charge in [-0.25, -0.2) is 13.1 Å². The molecule has 1 saturated carbocycles. The number of nitrogens with one attached hydrogen (secondary N) is 1. The van der Waals surface area contributed by atoms with Crippen molar-refractivity contribution in [2.24, 2.45) is 0 Å². The lowest BCUT2D eigenvalue weighted by atomic mass is 9.93. The molecule has 0 amide bonds. The third-order valence-electron chi connectivity index (χ3n) is 4.01. The number of fused-ring (bicyclic) bond motifs is 1. The second-order valence-corrected chi connectivity index (χ2v) is 7.16. The van der Waals surface area contributed by atoms with Crippen LogP contribution in [0.5, 0.6) is 5.75 Å². The van der Waals surface area contributed by atoms with Crippen molar-refractivity contribution in [2.75, 3.05) is 6.61 Å². The Morgan fingerprint density at radius 2 is 2.05 bits per heavy atom. The molecule has 1 aromatic carbocycles. The molecule has 0 radical (unpaired) electrons. The Labute approximate surface area is 119 Å². The number of aliphatic hydroxyl groups is 1. The van der Waals surface area contributed by atoms with Crippen LogP contribution in [0.1, 0.15) is 31.2 Å². The van der Waals surface area contributed by atoms with Crippen LogP contribution < -0.4 is 9.46 Å². The van der Waals surface area contributed by atoms with Gasteiger partial charge >= 0.3 is 0 Å². The zero-order chi connectivity index (χ0) is 14.2. The summed E-state index contributed by atoms with van der Waals surface area (Å²) in [6.45, 7) is 0.605. The van der Waals surface area contributed by atoms with Gasteiger partial charge in [-0.05, 0) is 36.6 Å². The van der Waals surface area contributed by atoms with Crippen LogP contribution in [0.15, 0.2) is 23.1 Å². The van der Waals surface area contributed by atoms with Crippen LogP contribution in [-0.4, -0.2) is 32.3 Å². The number of aliphatic hydroxyl groups excluding tert-OH is 1. The summed E-state index contributed by atoms with van der Waals surface area (Å²) in [5.41, 5.74) is 0.928. The topological polar surface area (TPSA) is 75.6 Å². The lowest BCUT2D eigenvalue weighted by Crippen LogP contribution is -2.44. The van der Waals surface area contributed by atoms with Crippen LogP contribution in [0.4, 0.5) is 0 Å². The fourth-order valence-corrected chi connectivity index (χ4v) is 4.20. The maximum atomic E-state index is 12.4. The monoisotopic (exact) mass is 297 g/mol. The minimum absolute atomic E-state index is 0.250. The van der Waals surface area contributed by atoms with Crippen LogP contribution >= 0.6 is 0 Å². The number of sulfonamides is 1. The molecule has 1 heterocycles. The Morgan fingerprint density at radius 1 is 1.25 bits per heavy atom. The van der Waals surface area contributed by atoms with Gasteiger partial charge in [-0.3, -0.25) is 0 Å². The van der Waals surface area contributed by atoms with Crippen molar-refractivity contribution in [1.82, 2.24) is 4.72 Å². The second kappa shape index (κ2) is 5.35. The molecule has 1 aliphatic heterocycles. The number of rotatable bonds is 3. The highest BCUT2D eigenvalue weighted by atomic mass is 32.2. The highest BCUT2D eigenvalue weighted by Gasteiger charge is 2.28. The first-order valence-corrected chi connectivity index (χ1v) is 8.51. The molecule has 2 aliphatic rings. The van der Waals surface area contributed by atoms with Crippen LogP contribution in [0.2, 0.25) is 0 Å². The van der Waals surface area contributed by atoms with Gasteiger partial charge in [-0.1, -0.05) is 12.8 Å². The quantitative estimate of drug-likeness (QED) is 0.879. The molecule has 1 fully saturated rings. The van der Waals surface area contributed by atoms with Gasteiger partial charge in [0.2, 0.25) is 10.0 Å². The smallest absolute Gasteiger partial charge is 0.240 e. The number of hydrogen-bond donors (Lipinski definition) is 2. The summed E-state index contributed by atoms with van der Waals surface area (Å²) in [6, 6.07) is 4.55. The second-order valence-electron chi connectivity index (χ2n) is 5.45. The molecule has 0 bridgehead atoms. The van der Waals surface area contributed by atoms with E-state index in [0.29, 0.717) is 19.4 Å². The Balaban J connectivity index is 1.81. The van der Waals surface area contributed by atoms with Gasteiger partial charge in [0.05, 0.1) is 17.6 Å². The Hall–Kier alpha value is -1.11. The zero-order valence-electron chi connectivity index (χ0n) is 11.2. The Bertz CT molecular complexity index is 599. The number of benzene rings is 1. The number of ether oxygens (including phenoxy) is 1. The highest BCUT2D eigenvalue weighted by Crippen LogP contribution is 2.28. The Kier molecular flexibility index (Phi) is 3.70. The molecule has 0 spiro atoms. The molecule has 1 aromatic rings. The van der Waals surface area contributed by atoms with Crippen molar-refractivity contribution in [1.29, 1.82) is 0 Å². The van der Waals surface area contributed by atoms with E-state index in [1.165, 1.54) is 0 Å². The first kappa shape index (κ1) is 13.9. The van der Waals surface area contributed by atoms with Gasteiger partial charge in [0.15, 0.2) is 0 Å². The van der Waals surface area contributed by atoms with Crippen molar-refractivity contribution in [2.45, 2.75) is 49.1 Å². The van der Waals surface area contributed by atoms with Crippen LogP contribution in [0, 0.1) is 0 Å². The van der Waals surface area contributed by atoms with Crippen molar-refractivity contribution < 1.29 is 18.3 Å². The molecule has 5 nitrogen and oxygen atoms in total. The minimum Gasteiger partial charge on any atom is -0.493 e. The van der Waals surface area contributed by atoms with E-state index >= 15 is 0 Å². The van der Waals surface area contributed by atoms with E-state index in [0.717, 1.165) is 30.6 Å². The van der Waals surface area contributed by atoms with Gasteiger partial charge in [0.25, 0.3) is 0 Å². The summed E-state index contributed by atoms with van der Waals surface area (Å²) in [7, 11) is -3.58. The van der Waals surface area contributed by atoms with E-state index < -0.39 is 16.1 Å². The summed E-state index contributed by atoms with van der Waals surface area (Å²) < 4.78 is 32.8. The van der Waals surface area contributed by atoms with Crippen molar-refractivity contribution in [3.63, 3.8) is 0 Å². The first-order valence-electron chi connectivity index (χ1n) is 7.02. The molecule has 0 saturated heterocycles. The molecule has 6 heteroatoms. The maximum Gasteiger partial charge on any atom is 0.240 e. The normalized spacial score (nSPS) is 26.1. The molecule has 0 aromatic heterocycles. The molecular formula is C14H19NO4S. The molecule has 0 unspecified atom stereocenters. The Morgan fingerprint density at radius 3 is 2.85 bits per heavy atom. The zero-order valence-corrected chi connectivity index (χ0v) is 12.0. The molecule has 1 aliphatic carbocycles. The summed E-state index contributed by atoms with van der Waals surface area (Å²) >= 11 is 0. The summed E-state index contributed by atoms with van der Waals surface area (Å²) in [5.74, 6) is 0.765. The van der Waals surface area contributed by atoms with E-state index in [2.05, 4.69) is 4.72 Å². The van der Waals surface area contributed by atoms with E-state index in [4.69, 9.17) is 4.74 Å². The molecule has 2 atom stereocenters. The van der Waals surface area contributed by atoms with Gasteiger partial charge in [-0.15, -0.1) is 0 Å². The van der Waals surface area contributed by atoms with Crippen molar-refractivity contribution in [3.05, 3.63) is 23.8 Å². The molecule has 110 valence electrons. The van der Waals surface area contributed by atoms with E-state index in [-0.39, 0.29) is 10.9 Å². The molecular weight excluding hydrogens is 278 g/mol. The van der Waals surface area contributed by atoms with E-state index in [9.17, 15) is 13.5 Å². The van der Waals surface area contributed by atoms with E-state index in [1.54, 1.807) is 18.2 Å². The van der Waals surface area contributed by atoms with Gasteiger partial charge in [-0.2, -0.15) is 0 Å². The van der Waals surface area contributed by atoms with Crippen molar-refractivity contribution in [3.8, 4) is 5.75 Å². The predicted molar refractivity (Wildman–Crippen MR) is 74.2 cm³/mol. The van der Waals surface area contributed by atoms with E-state index in [1.807, 2.05) is 0 Å². The fraction of sp³-hybridized carbons (Fsp3) is 0.571. The molecule has 2 N–H and O–H groups in total. The third kappa shape index (κ3) is 2.68. The largest absolute Gasteiger partial charge is 0.493 e. The number of hydrogen-bond acceptors (Lipinski definition) is 4. The standard InChI is InChI=1S/C14H19NO4S/c16-13-4-2-1-3-12(13)15-20(17,18)11-5-6-14-10(9-11)7-8-19-14/h5-6,9,12-13,15-16H,1-4,7-8H2/t12-,13-/m0/s1. The third-order valence-corrected chi connectivity index (χ3v) is 5.49. The van der Waals surface area contributed by atoms with Crippen LogP contribution in [0.3, 0.4) is 0 Å². The lowest BCUT2D eigenvalue weighted by molar-refractivity contribution is 0.101. The average molecular weight is 297 g/mol. The predicted octanol–water partition coefficient (Wildman–Crippen LogP) is 1.20. The van der Waals surface area contributed by atoms with Crippen molar-refractivity contribution >= 4 is 10.0 Å². The highest BCUT2D eigenvalue weighted by molar-refractivity contribution is 7.89. The van der Waals surface area contributed by atoms with Crippen LogP contribution in [-0.2, 0) is 16.4 Å². The average Bonchev–Trinajstić information content (AvgIpc) is 2.88. The maximum absolute atomic E-state index is 12.4. The van der Waals surface area contributed by atoms with Gasteiger partial charge < -0.3 is 9.84 Å². The summed E-state index contributed by atoms with van der Waals surface area (Å²) in [6.07, 6.45) is 3.40. The molecule has 20 heavy (non-hydrogen) atoms. The molecule has 3 rings (SSSR count). The lowest BCUT2D eigenvalue weighted by Gasteiger charge is -2.28. The fourth-order valence-electron chi connectivity index (χ4n) is 2.85. The van der Waals surface area contributed by atoms with Crippen LogP contribution in [0.25, 0.3) is 0 Å². The SMILES string of the molecule is O=S(=O)(N[C@H]1CCCC[C@@H]1O)c1ccc2c(c1)CCO2. The van der Waals surface area contributed by atoms with Gasteiger partial charge in [0.1, 0.15) is 5.75 Å².